The van der Waals surface area contributed by atoms with E-state index in [0.29, 0.717) is 37.6 Å². The van der Waals surface area contributed by atoms with Crippen molar-refractivity contribution in [3.8, 4) is 0 Å². The SMILES string of the molecule is CCNC(=NCC1(c2cccc(C(F)(F)F)c2)CCC1)NCCCS(C)(=O)=O.I. The first kappa shape index (κ1) is 26.0. The van der Waals surface area contributed by atoms with Crippen LogP contribution in [0.3, 0.4) is 0 Å². The van der Waals surface area contributed by atoms with E-state index in [2.05, 4.69) is 15.6 Å². The van der Waals surface area contributed by atoms with Crippen molar-refractivity contribution in [2.24, 2.45) is 4.99 Å². The first-order chi connectivity index (χ1) is 13.1. The van der Waals surface area contributed by atoms with E-state index in [9.17, 15) is 21.6 Å². The molecule has 1 saturated carbocycles. The molecule has 0 saturated heterocycles. The number of nitrogens with one attached hydrogen (secondary N) is 2. The molecule has 29 heavy (non-hydrogen) atoms. The summed E-state index contributed by atoms with van der Waals surface area (Å²) < 4.78 is 61.6. The Kier molecular flexibility index (Phi) is 9.71. The predicted octanol–water partition coefficient (Wildman–Crippen LogP) is 3.73. The van der Waals surface area contributed by atoms with Gasteiger partial charge < -0.3 is 10.6 Å². The minimum absolute atomic E-state index is 0. The van der Waals surface area contributed by atoms with Crippen molar-refractivity contribution >= 4 is 39.8 Å². The van der Waals surface area contributed by atoms with Gasteiger partial charge in [-0.2, -0.15) is 13.2 Å². The number of halogens is 4. The molecule has 0 unspecified atom stereocenters. The smallest absolute Gasteiger partial charge is 0.357 e. The summed E-state index contributed by atoms with van der Waals surface area (Å²) in [7, 11) is -3.01. The van der Waals surface area contributed by atoms with Gasteiger partial charge in [0.15, 0.2) is 5.96 Å². The molecule has 2 N–H and O–H groups in total. The number of alkyl halides is 3. The van der Waals surface area contributed by atoms with Crippen molar-refractivity contribution in [3.05, 3.63) is 35.4 Å². The molecule has 0 bridgehead atoms. The van der Waals surface area contributed by atoms with E-state index >= 15 is 0 Å². The molecule has 2 rings (SSSR count). The van der Waals surface area contributed by atoms with Crippen LogP contribution < -0.4 is 10.6 Å². The zero-order valence-electron chi connectivity index (χ0n) is 16.7. The number of hydrogen-bond donors (Lipinski definition) is 2. The lowest BCUT2D eigenvalue weighted by Gasteiger charge is -2.41. The molecular formula is C19H29F3IN3O2S. The van der Waals surface area contributed by atoms with E-state index in [1.54, 1.807) is 6.07 Å². The second-order valence-corrected chi connectivity index (χ2v) is 9.58. The van der Waals surface area contributed by atoms with Crippen LogP contribution >= 0.6 is 24.0 Å². The molecule has 1 aliphatic carbocycles. The molecule has 10 heteroatoms. The summed E-state index contributed by atoms with van der Waals surface area (Å²) in [5.41, 5.74) is -0.340. The number of hydrogen-bond acceptors (Lipinski definition) is 3. The van der Waals surface area contributed by atoms with Gasteiger partial charge in [-0.3, -0.25) is 4.99 Å². The standard InChI is InChI=1S/C19H28F3N3O2S.HI/c1-3-23-17(24-11-6-12-28(2,26)27)25-14-18(9-5-10-18)15-7-4-8-16(13-15)19(20,21)22;/h4,7-8,13H,3,5-6,9-12,14H2,1-2H3,(H2,23,24,25);1H. The highest BCUT2D eigenvalue weighted by Crippen LogP contribution is 2.45. The predicted molar refractivity (Wildman–Crippen MR) is 121 cm³/mol. The van der Waals surface area contributed by atoms with Crippen molar-refractivity contribution in [2.45, 2.75) is 44.2 Å². The van der Waals surface area contributed by atoms with Crippen LogP contribution in [0.1, 0.15) is 43.7 Å². The third kappa shape index (κ3) is 7.95. The van der Waals surface area contributed by atoms with Gasteiger partial charge in [0.1, 0.15) is 9.84 Å². The number of rotatable bonds is 8. The van der Waals surface area contributed by atoms with Gasteiger partial charge in [0.05, 0.1) is 17.9 Å². The van der Waals surface area contributed by atoms with Crippen LogP contribution in [0.15, 0.2) is 29.3 Å². The number of sulfone groups is 1. The van der Waals surface area contributed by atoms with E-state index in [1.807, 2.05) is 6.92 Å². The van der Waals surface area contributed by atoms with Gasteiger partial charge in [-0.05, 0) is 37.8 Å². The molecule has 1 fully saturated rings. The maximum atomic E-state index is 13.1. The largest absolute Gasteiger partial charge is 0.416 e. The summed E-state index contributed by atoms with van der Waals surface area (Å²) in [6.45, 7) is 3.39. The highest BCUT2D eigenvalue weighted by atomic mass is 127. The van der Waals surface area contributed by atoms with Gasteiger partial charge in [-0.15, -0.1) is 24.0 Å². The lowest BCUT2D eigenvalue weighted by atomic mass is 9.64. The van der Waals surface area contributed by atoms with Crippen LogP contribution in [0.25, 0.3) is 0 Å². The molecule has 166 valence electrons. The van der Waals surface area contributed by atoms with Crippen molar-refractivity contribution in [1.82, 2.24) is 10.6 Å². The zero-order valence-corrected chi connectivity index (χ0v) is 19.8. The van der Waals surface area contributed by atoms with Crippen LogP contribution in [0.2, 0.25) is 0 Å². The summed E-state index contributed by atoms with van der Waals surface area (Å²) in [6, 6.07) is 5.53. The molecule has 0 spiro atoms. The van der Waals surface area contributed by atoms with Crippen LogP contribution in [-0.2, 0) is 21.4 Å². The Hall–Kier alpha value is -1.04. The number of guanidine groups is 1. The fraction of sp³-hybridized carbons (Fsp3) is 0.632. The Morgan fingerprint density at radius 3 is 2.45 bits per heavy atom. The second kappa shape index (κ2) is 10.8. The molecule has 0 atom stereocenters. The molecule has 5 nitrogen and oxygen atoms in total. The Labute approximate surface area is 187 Å². The molecular weight excluding hydrogens is 518 g/mol. The van der Waals surface area contributed by atoms with Crippen molar-refractivity contribution in [1.29, 1.82) is 0 Å². The van der Waals surface area contributed by atoms with Crippen LogP contribution in [-0.4, -0.2) is 46.0 Å². The van der Waals surface area contributed by atoms with Crippen LogP contribution in [0.4, 0.5) is 13.2 Å². The Balaban J connectivity index is 0.00000420. The number of benzene rings is 1. The molecule has 0 aliphatic heterocycles. The second-order valence-electron chi connectivity index (χ2n) is 7.32. The third-order valence-electron chi connectivity index (χ3n) is 4.98. The van der Waals surface area contributed by atoms with Gasteiger partial charge in [0.25, 0.3) is 0 Å². The Morgan fingerprint density at radius 2 is 1.93 bits per heavy atom. The molecule has 1 aliphatic rings. The van der Waals surface area contributed by atoms with Crippen LogP contribution in [0.5, 0.6) is 0 Å². The summed E-state index contributed by atoms with van der Waals surface area (Å²) in [4.78, 5) is 4.57. The quantitative estimate of drug-likeness (QED) is 0.225. The number of aliphatic imine (C=N–C) groups is 1. The average Bonchev–Trinajstić information content (AvgIpc) is 2.56. The Bertz CT molecular complexity index is 794. The Morgan fingerprint density at radius 1 is 1.24 bits per heavy atom. The lowest BCUT2D eigenvalue weighted by Crippen LogP contribution is -2.42. The topological polar surface area (TPSA) is 70.6 Å². The molecule has 0 radical (unpaired) electrons. The summed E-state index contributed by atoms with van der Waals surface area (Å²) in [6.07, 6.45) is -0.148. The summed E-state index contributed by atoms with van der Waals surface area (Å²) >= 11 is 0. The van der Waals surface area contributed by atoms with Gasteiger partial charge >= 0.3 is 6.18 Å². The normalized spacial score (nSPS) is 16.5. The van der Waals surface area contributed by atoms with Gasteiger partial charge in [-0.1, -0.05) is 24.6 Å². The lowest BCUT2D eigenvalue weighted by molar-refractivity contribution is -0.137. The molecule has 0 aromatic heterocycles. The van der Waals surface area contributed by atoms with Crippen molar-refractivity contribution in [3.63, 3.8) is 0 Å². The van der Waals surface area contributed by atoms with E-state index in [-0.39, 0.29) is 35.1 Å². The van der Waals surface area contributed by atoms with E-state index in [0.717, 1.165) is 25.3 Å². The molecule has 1 aromatic carbocycles. The maximum absolute atomic E-state index is 13.1. The third-order valence-corrected chi connectivity index (χ3v) is 6.01. The summed E-state index contributed by atoms with van der Waals surface area (Å²) in [5, 5.41) is 6.19. The monoisotopic (exact) mass is 547 g/mol. The number of nitrogens with zero attached hydrogens (tertiary/aromatic N) is 1. The zero-order chi connectivity index (χ0) is 20.8. The average molecular weight is 547 g/mol. The van der Waals surface area contributed by atoms with E-state index < -0.39 is 21.6 Å². The molecule has 0 heterocycles. The van der Waals surface area contributed by atoms with Gasteiger partial charge in [0, 0.05) is 24.8 Å². The maximum Gasteiger partial charge on any atom is 0.416 e. The highest BCUT2D eigenvalue weighted by Gasteiger charge is 2.40. The van der Waals surface area contributed by atoms with E-state index in [1.165, 1.54) is 18.4 Å². The van der Waals surface area contributed by atoms with Crippen molar-refractivity contribution in [2.75, 3.05) is 31.6 Å². The summed E-state index contributed by atoms with van der Waals surface area (Å²) in [5.74, 6) is 0.641. The highest BCUT2D eigenvalue weighted by molar-refractivity contribution is 14.0. The first-order valence-electron chi connectivity index (χ1n) is 9.43. The first-order valence-corrected chi connectivity index (χ1v) is 11.5. The van der Waals surface area contributed by atoms with Crippen LogP contribution in [0, 0.1) is 0 Å². The van der Waals surface area contributed by atoms with Gasteiger partial charge in [0.2, 0.25) is 0 Å². The van der Waals surface area contributed by atoms with Crippen molar-refractivity contribution < 1.29 is 21.6 Å². The molecule has 1 aromatic rings. The fourth-order valence-electron chi connectivity index (χ4n) is 3.28. The minimum atomic E-state index is -4.36. The van der Waals surface area contributed by atoms with E-state index in [4.69, 9.17) is 0 Å². The van der Waals surface area contributed by atoms with Gasteiger partial charge in [-0.25, -0.2) is 8.42 Å². The minimum Gasteiger partial charge on any atom is -0.357 e. The molecule has 0 amide bonds. The fourth-order valence-corrected chi connectivity index (χ4v) is 3.95.